The summed E-state index contributed by atoms with van der Waals surface area (Å²) in [7, 11) is 1.80. The van der Waals surface area contributed by atoms with E-state index in [0.29, 0.717) is 18.9 Å². The average Bonchev–Trinajstić information content (AvgIpc) is 2.53. The molecule has 3 atom stereocenters. The summed E-state index contributed by atoms with van der Waals surface area (Å²) in [6.07, 6.45) is 10.2. The van der Waals surface area contributed by atoms with Gasteiger partial charge in [0.05, 0.1) is 24.5 Å². The van der Waals surface area contributed by atoms with Crippen molar-refractivity contribution in [2.75, 3.05) is 7.05 Å². The SMILES string of the molecule is CC[C@H](O[C@H]1CCC[C@H](C)C1)C(=O)N(C)Cc1cnccn1. The van der Waals surface area contributed by atoms with Crippen LogP contribution in [0.4, 0.5) is 0 Å². The number of hydrogen-bond donors (Lipinski definition) is 0. The highest BCUT2D eigenvalue weighted by molar-refractivity contribution is 5.80. The predicted octanol–water partition coefficient (Wildman–Crippen LogP) is 2.81. The van der Waals surface area contributed by atoms with Crippen LogP contribution in [0.3, 0.4) is 0 Å². The lowest BCUT2D eigenvalue weighted by Gasteiger charge is -2.31. The molecule has 0 radical (unpaired) electrons. The van der Waals surface area contributed by atoms with Gasteiger partial charge in [-0.1, -0.05) is 26.7 Å². The number of hydrogen-bond acceptors (Lipinski definition) is 4. The molecule has 122 valence electrons. The Hall–Kier alpha value is -1.49. The van der Waals surface area contributed by atoms with Gasteiger partial charge in [0, 0.05) is 19.4 Å². The smallest absolute Gasteiger partial charge is 0.251 e. The molecule has 1 saturated carbocycles. The van der Waals surface area contributed by atoms with E-state index in [0.717, 1.165) is 18.5 Å². The van der Waals surface area contributed by atoms with Gasteiger partial charge in [-0.05, 0) is 25.2 Å². The second kappa shape index (κ2) is 8.22. The van der Waals surface area contributed by atoms with Crippen molar-refractivity contribution in [3.63, 3.8) is 0 Å². The first kappa shape index (κ1) is 16.9. The Morgan fingerprint density at radius 1 is 1.45 bits per heavy atom. The third kappa shape index (κ3) is 4.77. The summed E-state index contributed by atoms with van der Waals surface area (Å²) in [5.74, 6) is 0.732. The van der Waals surface area contributed by atoms with Crippen molar-refractivity contribution in [1.82, 2.24) is 14.9 Å². The zero-order valence-corrected chi connectivity index (χ0v) is 13.9. The molecule has 5 nitrogen and oxygen atoms in total. The molecule has 5 heteroatoms. The van der Waals surface area contributed by atoms with Crippen molar-refractivity contribution >= 4 is 5.91 Å². The van der Waals surface area contributed by atoms with E-state index in [1.807, 2.05) is 6.92 Å². The molecular formula is C17H27N3O2. The van der Waals surface area contributed by atoms with Gasteiger partial charge in [-0.15, -0.1) is 0 Å². The Labute approximate surface area is 133 Å². The van der Waals surface area contributed by atoms with Gasteiger partial charge in [-0.25, -0.2) is 0 Å². The maximum absolute atomic E-state index is 12.6. The summed E-state index contributed by atoms with van der Waals surface area (Å²) in [4.78, 5) is 22.5. The minimum Gasteiger partial charge on any atom is -0.365 e. The van der Waals surface area contributed by atoms with Crippen LogP contribution in [0.25, 0.3) is 0 Å². The van der Waals surface area contributed by atoms with E-state index in [9.17, 15) is 4.79 Å². The lowest BCUT2D eigenvalue weighted by molar-refractivity contribution is -0.149. The summed E-state index contributed by atoms with van der Waals surface area (Å²) >= 11 is 0. The van der Waals surface area contributed by atoms with Crippen LogP contribution >= 0.6 is 0 Å². The monoisotopic (exact) mass is 305 g/mol. The van der Waals surface area contributed by atoms with E-state index in [1.54, 1.807) is 30.5 Å². The van der Waals surface area contributed by atoms with Crippen molar-refractivity contribution in [3.8, 4) is 0 Å². The lowest BCUT2D eigenvalue weighted by atomic mass is 9.88. The van der Waals surface area contributed by atoms with Crippen LogP contribution in [0.1, 0.15) is 51.6 Å². The van der Waals surface area contributed by atoms with Crippen LogP contribution < -0.4 is 0 Å². The van der Waals surface area contributed by atoms with Gasteiger partial charge < -0.3 is 9.64 Å². The Bertz CT molecular complexity index is 466. The number of carbonyl (C=O) groups excluding carboxylic acids is 1. The van der Waals surface area contributed by atoms with Gasteiger partial charge in [0.25, 0.3) is 5.91 Å². The molecule has 1 heterocycles. The Morgan fingerprint density at radius 3 is 2.91 bits per heavy atom. The number of amides is 1. The predicted molar refractivity (Wildman–Crippen MR) is 85.1 cm³/mol. The van der Waals surface area contributed by atoms with Crippen molar-refractivity contribution in [2.24, 2.45) is 5.92 Å². The van der Waals surface area contributed by atoms with Gasteiger partial charge in [0.2, 0.25) is 0 Å². The summed E-state index contributed by atoms with van der Waals surface area (Å²) in [5.41, 5.74) is 0.791. The summed E-state index contributed by atoms with van der Waals surface area (Å²) in [6, 6.07) is 0. The highest BCUT2D eigenvalue weighted by Gasteiger charge is 2.27. The molecule has 0 aliphatic heterocycles. The van der Waals surface area contributed by atoms with Crippen LogP contribution in [-0.4, -0.2) is 40.0 Å². The molecule has 1 aliphatic carbocycles. The second-order valence-electron chi connectivity index (χ2n) is 6.32. The van der Waals surface area contributed by atoms with E-state index >= 15 is 0 Å². The molecule has 0 saturated heterocycles. The third-order valence-electron chi connectivity index (χ3n) is 4.28. The van der Waals surface area contributed by atoms with E-state index in [1.165, 1.54) is 12.8 Å². The van der Waals surface area contributed by atoms with E-state index in [4.69, 9.17) is 4.74 Å². The maximum atomic E-state index is 12.6. The lowest BCUT2D eigenvalue weighted by Crippen LogP contribution is -2.40. The highest BCUT2D eigenvalue weighted by atomic mass is 16.5. The Balaban J connectivity index is 1.90. The second-order valence-corrected chi connectivity index (χ2v) is 6.32. The van der Waals surface area contributed by atoms with Gasteiger partial charge >= 0.3 is 0 Å². The van der Waals surface area contributed by atoms with Crippen LogP contribution in [0, 0.1) is 5.92 Å². The minimum atomic E-state index is -0.350. The number of rotatable bonds is 6. The van der Waals surface area contributed by atoms with Crippen molar-refractivity contribution in [2.45, 2.75) is 64.7 Å². The fraction of sp³-hybridized carbons (Fsp3) is 0.706. The third-order valence-corrected chi connectivity index (χ3v) is 4.28. The number of likely N-dealkylation sites (N-methyl/N-ethyl adjacent to an activating group) is 1. The van der Waals surface area contributed by atoms with E-state index in [2.05, 4.69) is 16.9 Å². The molecule has 0 bridgehead atoms. The molecule has 0 spiro atoms. The maximum Gasteiger partial charge on any atom is 0.251 e. The van der Waals surface area contributed by atoms with Crippen molar-refractivity contribution < 1.29 is 9.53 Å². The van der Waals surface area contributed by atoms with Crippen LogP contribution in [0.2, 0.25) is 0 Å². The summed E-state index contributed by atoms with van der Waals surface area (Å²) in [5, 5.41) is 0. The molecule has 0 unspecified atom stereocenters. The normalized spacial score (nSPS) is 23.0. The Kier molecular flexibility index (Phi) is 6.31. The first-order valence-electron chi connectivity index (χ1n) is 8.25. The van der Waals surface area contributed by atoms with E-state index < -0.39 is 0 Å². The van der Waals surface area contributed by atoms with Crippen molar-refractivity contribution in [3.05, 3.63) is 24.3 Å². The molecule has 2 rings (SSSR count). The van der Waals surface area contributed by atoms with Crippen LogP contribution in [0.5, 0.6) is 0 Å². The zero-order chi connectivity index (χ0) is 15.9. The number of carbonyl (C=O) groups is 1. The number of aromatic nitrogens is 2. The molecule has 0 aromatic carbocycles. The fourth-order valence-electron chi connectivity index (χ4n) is 3.04. The van der Waals surface area contributed by atoms with Gasteiger partial charge in [-0.3, -0.25) is 14.8 Å². The summed E-state index contributed by atoms with van der Waals surface area (Å²) in [6.45, 7) is 4.73. The quantitative estimate of drug-likeness (QED) is 0.811. The molecule has 0 N–H and O–H groups in total. The van der Waals surface area contributed by atoms with Gasteiger partial charge in [0.15, 0.2) is 0 Å². The largest absolute Gasteiger partial charge is 0.365 e. The molecular weight excluding hydrogens is 278 g/mol. The molecule has 1 aromatic rings. The van der Waals surface area contributed by atoms with Gasteiger partial charge in [0.1, 0.15) is 6.10 Å². The van der Waals surface area contributed by atoms with Crippen molar-refractivity contribution in [1.29, 1.82) is 0 Å². The summed E-state index contributed by atoms with van der Waals surface area (Å²) < 4.78 is 6.10. The fourth-order valence-corrected chi connectivity index (χ4v) is 3.04. The Morgan fingerprint density at radius 2 is 2.27 bits per heavy atom. The molecule has 22 heavy (non-hydrogen) atoms. The molecule has 1 fully saturated rings. The molecule has 1 amide bonds. The standard InChI is InChI=1S/C17H27N3O2/c1-4-16(22-15-7-5-6-13(2)10-15)17(21)20(3)12-14-11-18-8-9-19-14/h8-9,11,13,15-16H,4-7,10,12H2,1-3H3/t13-,15-,16-/m0/s1. The topological polar surface area (TPSA) is 55.3 Å². The molecule has 1 aromatic heterocycles. The van der Waals surface area contributed by atoms with Crippen LogP contribution in [0.15, 0.2) is 18.6 Å². The van der Waals surface area contributed by atoms with E-state index in [-0.39, 0.29) is 18.1 Å². The minimum absolute atomic E-state index is 0.0337. The molecule has 1 aliphatic rings. The number of nitrogens with zero attached hydrogens (tertiary/aromatic N) is 3. The average molecular weight is 305 g/mol. The zero-order valence-electron chi connectivity index (χ0n) is 13.9. The first-order valence-corrected chi connectivity index (χ1v) is 8.25. The number of ether oxygens (including phenoxy) is 1. The van der Waals surface area contributed by atoms with Crippen LogP contribution in [-0.2, 0) is 16.1 Å². The first-order chi connectivity index (χ1) is 10.6. The highest BCUT2D eigenvalue weighted by Crippen LogP contribution is 2.27. The van der Waals surface area contributed by atoms with Gasteiger partial charge in [-0.2, -0.15) is 0 Å².